The molecule has 5 nitrogen and oxygen atoms in total. The Hall–Kier alpha value is -1.68. The molecule has 142 valence electrons. The zero-order valence-electron chi connectivity index (χ0n) is 14.6. The molecular weight excluding hydrogens is 466 g/mol. The zero-order valence-corrected chi connectivity index (χ0v) is 17.8. The van der Waals surface area contributed by atoms with Crippen LogP contribution in [0.3, 0.4) is 0 Å². The largest absolute Gasteiger partial charge is 0.356 e. The number of rotatable bonds is 8. The lowest BCUT2D eigenvalue weighted by molar-refractivity contribution is 0.0957. The second kappa shape index (κ2) is 12.6. The Balaban J connectivity index is 0.00000338. The highest BCUT2D eigenvalue weighted by Gasteiger charge is 2.04. The quantitative estimate of drug-likeness (QED) is 0.231. The van der Waals surface area contributed by atoms with Crippen LogP contribution in [0.4, 0.5) is 4.39 Å². The van der Waals surface area contributed by atoms with E-state index in [0.29, 0.717) is 25.6 Å². The van der Waals surface area contributed by atoms with Crippen LogP contribution in [0.1, 0.15) is 21.7 Å². The van der Waals surface area contributed by atoms with Crippen molar-refractivity contribution >= 4 is 47.2 Å². The van der Waals surface area contributed by atoms with E-state index >= 15 is 0 Å². The molecule has 26 heavy (non-hydrogen) atoms. The summed E-state index contributed by atoms with van der Waals surface area (Å²) in [6.07, 6.45) is 1.51. The molecule has 0 unspecified atom stereocenters. The summed E-state index contributed by atoms with van der Waals surface area (Å²) in [5.41, 5.74) is 0.944. The standard InChI is InChI=1S/C18H23FN4OS.HI/c1-20-18(23-11-8-14-5-2-6-15(19)13-14)22-10-4-9-21-17(24)16-7-3-12-25-16;/h2-3,5-7,12-13H,4,8-11H2,1H3,(H,21,24)(H2,20,22,23);1H. The number of halogens is 2. The van der Waals surface area contributed by atoms with Gasteiger partial charge in [-0.3, -0.25) is 9.79 Å². The highest BCUT2D eigenvalue weighted by atomic mass is 127. The molecule has 1 amide bonds. The third kappa shape index (κ3) is 8.13. The van der Waals surface area contributed by atoms with Crippen LogP contribution >= 0.6 is 35.3 Å². The SMILES string of the molecule is CN=C(NCCCNC(=O)c1cccs1)NCCc1cccc(F)c1.I. The van der Waals surface area contributed by atoms with Gasteiger partial charge in [-0.2, -0.15) is 0 Å². The number of aliphatic imine (C=N–C) groups is 1. The van der Waals surface area contributed by atoms with Gasteiger partial charge in [0, 0.05) is 26.7 Å². The summed E-state index contributed by atoms with van der Waals surface area (Å²) in [7, 11) is 1.70. The fourth-order valence-corrected chi connectivity index (χ4v) is 2.87. The number of amides is 1. The maximum absolute atomic E-state index is 13.1. The van der Waals surface area contributed by atoms with E-state index in [1.165, 1.54) is 23.5 Å². The van der Waals surface area contributed by atoms with Gasteiger partial charge in [0.15, 0.2) is 5.96 Å². The second-order valence-electron chi connectivity index (χ2n) is 5.39. The molecule has 0 saturated carbocycles. The molecule has 2 rings (SSSR count). The van der Waals surface area contributed by atoms with Crippen LogP contribution in [-0.2, 0) is 6.42 Å². The third-order valence-corrected chi connectivity index (χ3v) is 4.36. The molecule has 3 N–H and O–H groups in total. The van der Waals surface area contributed by atoms with Crippen LogP contribution in [-0.4, -0.2) is 38.5 Å². The number of guanidine groups is 1. The Kier molecular flexibility index (Phi) is 10.9. The van der Waals surface area contributed by atoms with Crippen molar-refractivity contribution in [3.63, 3.8) is 0 Å². The van der Waals surface area contributed by atoms with E-state index in [2.05, 4.69) is 20.9 Å². The van der Waals surface area contributed by atoms with Gasteiger partial charge in [-0.15, -0.1) is 35.3 Å². The minimum Gasteiger partial charge on any atom is -0.356 e. The maximum atomic E-state index is 13.1. The average Bonchev–Trinajstić information content (AvgIpc) is 3.14. The van der Waals surface area contributed by atoms with Crippen LogP contribution in [0, 0.1) is 5.82 Å². The molecule has 0 fully saturated rings. The molecule has 1 aromatic carbocycles. The number of carbonyl (C=O) groups excluding carboxylic acids is 1. The Labute approximate surface area is 174 Å². The van der Waals surface area contributed by atoms with Crippen molar-refractivity contribution in [1.82, 2.24) is 16.0 Å². The summed E-state index contributed by atoms with van der Waals surface area (Å²) in [5.74, 6) is 0.443. The van der Waals surface area contributed by atoms with Crippen LogP contribution < -0.4 is 16.0 Å². The van der Waals surface area contributed by atoms with Gasteiger partial charge in [0.1, 0.15) is 5.82 Å². The Morgan fingerprint density at radius 2 is 1.88 bits per heavy atom. The second-order valence-corrected chi connectivity index (χ2v) is 6.34. The van der Waals surface area contributed by atoms with Crippen molar-refractivity contribution in [2.75, 3.05) is 26.7 Å². The number of thiophene rings is 1. The Morgan fingerprint density at radius 3 is 2.58 bits per heavy atom. The normalized spacial score (nSPS) is 10.8. The molecule has 8 heteroatoms. The predicted molar refractivity (Wildman–Crippen MR) is 116 cm³/mol. The first-order valence-corrected chi connectivity index (χ1v) is 9.07. The van der Waals surface area contributed by atoms with E-state index in [1.54, 1.807) is 13.1 Å². The van der Waals surface area contributed by atoms with Crippen LogP contribution in [0.2, 0.25) is 0 Å². The lowest BCUT2D eigenvalue weighted by Gasteiger charge is -2.12. The van der Waals surface area contributed by atoms with E-state index in [0.717, 1.165) is 23.3 Å². The lowest BCUT2D eigenvalue weighted by Crippen LogP contribution is -2.39. The van der Waals surface area contributed by atoms with E-state index in [1.807, 2.05) is 23.6 Å². The monoisotopic (exact) mass is 490 g/mol. The number of hydrogen-bond acceptors (Lipinski definition) is 3. The number of benzene rings is 1. The Morgan fingerprint density at radius 1 is 1.12 bits per heavy atom. The number of nitrogens with zero attached hydrogens (tertiary/aromatic N) is 1. The molecular formula is C18H24FIN4OS. The van der Waals surface area contributed by atoms with Gasteiger partial charge in [0.25, 0.3) is 5.91 Å². The molecule has 0 aliphatic rings. The number of nitrogens with one attached hydrogen (secondary N) is 3. The first-order chi connectivity index (χ1) is 12.2. The number of carbonyl (C=O) groups is 1. The molecule has 2 aromatic rings. The topological polar surface area (TPSA) is 65.5 Å². The molecule has 0 bridgehead atoms. The van der Waals surface area contributed by atoms with Crippen molar-refractivity contribution in [2.45, 2.75) is 12.8 Å². The summed E-state index contributed by atoms with van der Waals surface area (Å²) in [6.45, 7) is 1.96. The lowest BCUT2D eigenvalue weighted by atomic mass is 10.1. The van der Waals surface area contributed by atoms with Crippen molar-refractivity contribution in [3.05, 3.63) is 58.0 Å². The number of hydrogen-bond donors (Lipinski definition) is 3. The highest BCUT2D eigenvalue weighted by Crippen LogP contribution is 2.07. The third-order valence-electron chi connectivity index (χ3n) is 3.50. The summed E-state index contributed by atoms with van der Waals surface area (Å²) in [6, 6.07) is 10.3. The first-order valence-electron chi connectivity index (χ1n) is 8.19. The highest BCUT2D eigenvalue weighted by molar-refractivity contribution is 14.0. The van der Waals surface area contributed by atoms with Gasteiger partial charge in [0.2, 0.25) is 0 Å². The molecule has 0 aliphatic carbocycles. The van der Waals surface area contributed by atoms with Crippen LogP contribution in [0.15, 0.2) is 46.8 Å². The Bertz CT molecular complexity index is 694. The fraction of sp³-hybridized carbons (Fsp3) is 0.333. The minimum absolute atomic E-state index is 0. The predicted octanol–water partition coefficient (Wildman–Crippen LogP) is 3.03. The molecule has 1 aromatic heterocycles. The fourth-order valence-electron chi connectivity index (χ4n) is 2.23. The first kappa shape index (κ1) is 22.4. The molecule has 0 radical (unpaired) electrons. The van der Waals surface area contributed by atoms with Gasteiger partial charge >= 0.3 is 0 Å². The van der Waals surface area contributed by atoms with Crippen molar-refractivity contribution in [1.29, 1.82) is 0 Å². The molecule has 0 atom stereocenters. The smallest absolute Gasteiger partial charge is 0.261 e. The van der Waals surface area contributed by atoms with Crippen molar-refractivity contribution in [2.24, 2.45) is 4.99 Å². The van der Waals surface area contributed by atoms with Crippen LogP contribution in [0.25, 0.3) is 0 Å². The van der Waals surface area contributed by atoms with Crippen molar-refractivity contribution < 1.29 is 9.18 Å². The molecule has 1 heterocycles. The summed E-state index contributed by atoms with van der Waals surface area (Å²) in [5, 5.41) is 11.1. The van der Waals surface area contributed by atoms with E-state index in [4.69, 9.17) is 0 Å². The molecule has 0 aliphatic heterocycles. The average molecular weight is 490 g/mol. The minimum atomic E-state index is -0.218. The summed E-state index contributed by atoms with van der Waals surface area (Å²) < 4.78 is 13.1. The summed E-state index contributed by atoms with van der Waals surface area (Å²) >= 11 is 1.43. The van der Waals surface area contributed by atoms with Crippen molar-refractivity contribution in [3.8, 4) is 0 Å². The van der Waals surface area contributed by atoms with E-state index in [-0.39, 0.29) is 35.7 Å². The van der Waals surface area contributed by atoms with Gasteiger partial charge in [-0.25, -0.2) is 4.39 Å². The van der Waals surface area contributed by atoms with Gasteiger partial charge in [0.05, 0.1) is 4.88 Å². The summed E-state index contributed by atoms with van der Waals surface area (Å²) in [4.78, 5) is 16.6. The van der Waals surface area contributed by atoms with Crippen LogP contribution in [0.5, 0.6) is 0 Å². The zero-order chi connectivity index (χ0) is 17.9. The molecule has 0 spiro atoms. The van der Waals surface area contributed by atoms with E-state index in [9.17, 15) is 9.18 Å². The van der Waals surface area contributed by atoms with Gasteiger partial charge < -0.3 is 16.0 Å². The van der Waals surface area contributed by atoms with Gasteiger partial charge in [-0.1, -0.05) is 18.2 Å². The van der Waals surface area contributed by atoms with E-state index < -0.39 is 0 Å². The molecule has 0 saturated heterocycles. The maximum Gasteiger partial charge on any atom is 0.261 e. The van der Waals surface area contributed by atoms with Gasteiger partial charge in [-0.05, 0) is 42.0 Å².